The number of imidazole rings is 1. The Morgan fingerprint density at radius 1 is 1.05 bits per heavy atom. The molecule has 0 fully saturated rings. The van der Waals surface area contributed by atoms with Gasteiger partial charge in [-0.3, -0.25) is 0 Å². The Bertz CT molecular complexity index is 754. The van der Waals surface area contributed by atoms with Crippen molar-refractivity contribution >= 4 is 5.65 Å². The van der Waals surface area contributed by atoms with Crippen LogP contribution < -0.4 is 0 Å². The fourth-order valence-corrected chi connectivity index (χ4v) is 2.37. The topological polar surface area (TPSA) is 20.5 Å². The molecule has 3 nitrogen and oxygen atoms in total. The highest BCUT2D eigenvalue weighted by molar-refractivity contribution is 5.64. The van der Waals surface area contributed by atoms with Crippen LogP contribution in [0.15, 0.2) is 67.1 Å². The largest absolute Gasteiger partial charge is 0.384 e. The van der Waals surface area contributed by atoms with Crippen LogP contribution in [-0.2, 0) is 6.42 Å². The van der Waals surface area contributed by atoms with Gasteiger partial charge in [-0.25, -0.2) is 4.98 Å². The van der Waals surface area contributed by atoms with Crippen molar-refractivity contribution in [3.63, 3.8) is 0 Å². The molecule has 0 spiro atoms. The predicted octanol–water partition coefficient (Wildman–Crippen LogP) is 3.62. The molecule has 0 N–H and O–H groups in total. The van der Waals surface area contributed by atoms with Gasteiger partial charge in [0.2, 0.25) is 0 Å². The summed E-state index contributed by atoms with van der Waals surface area (Å²) < 4.78 is 2.17. The molecule has 1 aromatic carbocycles. The zero-order valence-electron chi connectivity index (χ0n) is 12.4. The van der Waals surface area contributed by atoms with Gasteiger partial charge in [-0.1, -0.05) is 36.4 Å². The van der Waals surface area contributed by atoms with E-state index < -0.39 is 0 Å². The van der Waals surface area contributed by atoms with E-state index in [1.54, 1.807) is 0 Å². The second-order valence-corrected chi connectivity index (χ2v) is 5.31. The summed E-state index contributed by atoms with van der Waals surface area (Å²) in [4.78, 5) is 6.51. The molecule has 2 aromatic heterocycles. The molecule has 3 aromatic rings. The Balaban J connectivity index is 1.96. The lowest BCUT2D eigenvalue weighted by Gasteiger charge is -2.05. The number of fused-ring (bicyclic) bond motifs is 1. The lowest BCUT2D eigenvalue weighted by atomic mass is 10.1. The summed E-state index contributed by atoms with van der Waals surface area (Å²) in [7, 11) is 4.05. The maximum atomic E-state index is 4.47. The van der Waals surface area contributed by atoms with Crippen molar-refractivity contribution in [3.05, 3.63) is 72.8 Å². The highest BCUT2D eigenvalue weighted by atomic mass is 15.0. The number of allylic oxidation sites excluding steroid dienone is 1. The molecule has 0 saturated carbocycles. The van der Waals surface area contributed by atoms with Crippen molar-refractivity contribution in [2.24, 2.45) is 0 Å². The minimum Gasteiger partial charge on any atom is -0.384 e. The van der Waals surface area contributed by atoms with Crippen LogP contribution in [0.25, 0.3) is 16.8 Å². The first-order valence-corrected chi connectivity index (χ1v) is 7.08. The van der Waals surface area contributed by atoms with E-state index in [2.05, 4.69) is 64.3 Å². The zero-order chi connectivity index (χ0) is 14.7. The van der Waals surface area contributed by atoms with E-state index in [9.17, 15) is 0 Å². The van der Waals surface area contributed by atoms with Crippen LogP contribution in [0.4, 0.5) is 0 Å². The Hall–Kier alpha value is -2.55. The zero-order valence-corrected chi connectivity index (χ0v) is 12.4. The van der Waals surface area contributed by atoms with Crippen molar-refractivity contribution in [3.8, 4) is 11.1 Å². The van der Waals surface area contributed by atoms with Gasteiger partial charge >= 0.3 is 0 Å². The third-order valence-electron chi connectivity index (χ3n) is 3.42. The molecular formula is C18H19N3. The third kappa shape index (κ3) is 2.97. The standard InChI is InChI=1S/C18H19N3/c1-20(2)12-6-9-17-13-19-18-11-10-16(14-21(17)18)15-7-4-3-5-8-15/h3-8,10-14H,9H2,1-2H3. The van der Waals surface area contributed by atoms with E-state index >= 15 is 0 Å². The molecule has 2 heterocycles. The number of aromatic nitrogens is 2. The number of hydrogen-bond donors (Lipinski definition) is 0. The number of nitrogens with zero attached hydrogens (tertiary/aromatic N) is 3. The SMILES string of the molecule is CN(C)C=CCc1cnc2ccc(-c3ccccc3)cn12. The fraction of sp³-hybridized carbons (Fsp3) is 0.167. The monoisotopic (exact) mass is 277 g/mol. The first kappa shape index (κ1) is 13.4. The number of rotatable bonds is 4. The molecule has 3 rings (SSSR count). The summed E-state index contributed by atoms with van der Waals surface area (Å²) in [6.07, 6.45) is 9.21. The normalized spacial score (nSPS) is 11.3. The van der Waals surface area contributed by atoms with Gasteiger partial charge in [0.1, 0.15) is 5.65 Å². The van der Waals surface area contributed by atoms with Crippen molar-refractivity contribution in [1.29, 1.82) is 0 Å². The van der Waals surface area contributed by atoms with E-state index in [0.29, 0.717) is 0 Å². The van der Waals surface area contributed by atoms with E-state index in [1.807, 2.05) is 31.3 Å². The molecule has 0 amide bonds. The maximum absolute atomic E-state index is 4.47. The Morgan fingerprint density at radius 3 is 2.62 bits per heavy atom. The van der Waals surface area contributed by atoms with Gasteiger partial charge in [-0.15, -0.1) is 0 Å². The Morgan fingerprint density at radius 2 is 1.86 bits per heavy atom. The van der Waals surface area contributed by atoms with E-state index in [1.165, 1.54) is 16.8 Å². The summed E-state index contributed by atoms with van der Waals surface area (Å²) in [6, 6.07) is 14.6. The molecule has 0 aliphatic rings. The minimum atomic E-state index is 0.873. The molecule has 0 aliphatic carbocycles. The van der Waals surface area contributed by atoms with E-state index in [0.717, 1.165) is 12.1 Å². The number of pyridine rings is 1. The van der Waals surface area contributed by atoms with Gasteiger partial charge in [-0.05, 0) is 29.5 Å². The van der Waals surface area contributed by atoms with Crippen LogP contribution in [0.1, 0.15) is 5.69 Å². The van der Waals surface area contributed by atoms with E-state index in [-0.39, 0.29) is 0 Å². The van der Waals surface area contributed by atoms with Crippen molar-refractivity contribution in [2.45, 2.75) is 6.42 Å². The Kier molecular flexibility index (Phi) is 3.73. The lowest BCUT2D eigenvalue weighted by molar-refractivity contribution is 0.561. The highest BCUT2D eigenvalue weighted by Crippen LogP contribution is 2.20. The maximum Gasteiger partial charge on any atom is 0.136 e. The quantitative estimate of drug-likeness (QED) is 0.726. The summed E-state index contributed by atoms with van der Waals surface area (Å²) in [5, 5.41) is 0. The molecule has 0 atom stereocenters. The van der Waals surface area contributed by atoms with Crippen LogP contribution >= 0.6 is 0 Å². The predicted molar refractivity (Wildman–Crippen MR) is 87.2 cm³/mol. The van der Waals surface area contributed by atoms with E-state index in [4.69, 9.17) is 0 Å². The summed E-state index contributed by atoms with van der Waals surface area (Å²) >= 11 is 0. The second kappa shape index (κ2) is 5.83. The smallest absolute Gasteiger partial charge is 0.136 e. The van der Waals surface area contributed by atoms with Crippen molar-refractivity contribution in [1.82, 2.24) is 14.3 Å². The summed E-state index contributed by atoms with van der Waals surface area (Å²) in [5.74, 6) is 0. The van der Waals surface area contributed by atoms with Gasteiger partial charge in [-0.2, -0.15) is 0 Å². The first-order chi connectivity index (χ1) is 10.2. The van der Waals surface area contributed by atoms with Crippen LogP contribution in [0, 0.1) is 0 Å². The number of hydrogen-bond acceptors (Lipinski definition) is 2. The van der Waals surface area contributed by atoms with Gasteiger partial charge in [0, 0.05) is 38.6 Å². The molecule has 3 heteroatoms. The van der Waals surface area contributed by atoms with Gasteiger partial charge in [0.05, 0.1) is 0 Å². The molecular weight excluding hydrogens is 258 g/mol. The van der Waals surface area contributed by atoms with Gasteiger partial charge in [0.15, 0.2) is 0 Å². The van der Waals surface area contributed by atoms with Crippen molar-refractivity contribution in [2.75, 3.05) is 14.1 Å². The van der Waals surface area contributed by atoms with Gasteiger partial charge < -0.3 is 9.30 Å². The molecule has 0 radical (unpaired) electrons. The third-order valence-corrected chi connectivity index (χ3v) is 3.42. The summed E-state index contributed by atoms with van der Waals surface area (Å²) in [6.45, 7) is 0. The van der Waals surface area contributed by atoms with Crippen molar-refractivity contribution < 1.29 is 0 Å². The van der Waals surface area contributed by atoms with Crippen LogP contribution in [0.5, 0.6) is 0 Å². The Labute approximate surface area is 125 Å². The van der Waals surface area contributed by atoms with Crippen LogP contribution in [0.2, 0.25) is 0 Å². The molecule has 0 bridgehead atoms. The number of benzene rings is 1. The van der Waals surface area contributed by atoms with Gasteiger partial charge in [0.25, 0.3) is 0 Å². The molecule has 21 heavy (non-hydrogen) atoms. The molecule has 0 unspecified atom stereocenters. The molecule has 0 saturated heterocycles. The van der Waals surface area contributed by atoms with Crippen LogP contribution in [-0.4, -0.2) is 28.4 Å². The van der Waals surface area contributed by atoms with Crippen LogP contribution in [0.3, 0.4) is 0 Å². The highest BCUT2D eigenvalue weighted by Gasteiger charge is 2.04. The second-order valence-electron chi connectivity index (χ2n) is 5.31. The fourth-order valence-electron chi connectivity index (χ4n) is 2.37. The minimum absolute atomic E-state index is 0.873. The summed E-state index contributed by atoms with van der Waals surface area (Å²) in [5.41, 5.74) is 4.62. The first-order valence-electron chi connectivity index (χ1n) is 7.08. The average molecular weight is 277 g/mol. The average Bonchev–Trinajstić information content (AvgIpc) is 2.90. The molecule has 106 valence electrons. The molecule has 0 aliphatic heterocycles. The lowest BCUT2D eigenvalue weighted by Crippen LogP contribution is -2.00.